The molecule has 4 heteroatoms. The van der Waals surface area contributed by atoms with Crippen LogP contribution in [0.5, 0.6) is 0 Å². The normalized spacial score (nSPS) is 14.1. The zero-order valence-electron chi connectivity index (χ0n) is 15.6. The summed E-state index contributed by atoms with van der Waals surface area (Å²) in [5.41, 5.74) is 5.89. The monoisotopic (exact) mass is 470 g/mol. The van der Waals surface area contributed by atoms with Gasteiger partial charge in [0.05, 0.1) is 11.8 Å². The summed E-state index contributed by atoms with van der Waals surface area (Å²) in [6, 6.07) is 18.9. The van der Waals surface area contributed by atoms with Gasteiger partial charge in [0.2, 0.25) is 0 Å². The molecule has 2 heterocycles. The summed E-state index contributed by atoms with van der Waals surface area (Å²) >= 11 is 0. The minimum atomic E-state index is 0. The van der Waals surface area contributed by atoms with E-state index in [1.54, 1.807) is 0 Å². The minimum absolute atomic E-state index is 0. The molecule has 0 amide bonds. The van der Waals surface area contributed by atoms with Crippen LogP contribution >= 0.6 is 0 Å². The lowest BCUT2D eigenvalue weighted by Gasteiger charge is -2.28. The summed E-state index contributed by atoms with van der Waals surface area (Å²) in [5.74, 6) is 0.865. The van der Waals surface area contributed by atoms with Crippen molar-refractivity contribution < 1.29 is 33.0 Å². The number of fused-ring (bicyclic) bond motifs is 1. The van der Waals surface area contributed by atoms with Gasteiger partial charge in [-0.15, -0.1) is 0 Å². The van der Waals surface area contributed by atoms with E-state index in [0.29, 0.717) is 0 Å². The van der Waals surface area contributed by atoms with E-state index in [4.69, 9.17) is 4.42 Å². The zero-order chi connectivity index (χ0) is 17.9. The van der Waals surface area contributed by atoms with Crippen molar-refractivity contribution in [1.82, 2.24) is 0 Å². The average Bonchev–Trinajstić information content (AvgIpc) is 3.11. The smallest absolute Gasteiger partial charge is 0.375 e. The van der Waals surface area contributed by atoms with Gasteiger partial charge in [0.25, 0.3) is 5.69 Å². The number of likely N-dealkylation sites (N-methyl/N-ethyl adjacent to an activating group) is 1. The SMILES string of the molecule is CCN1C(=Cc2occ(-c3ccccc3)[n+]2CC)C=Cc2ccccc21.[I-]. The summed E-state index contributed by atoms with van der Waals surface area (Å²) in [4.78, 5) is 2.32. The highest BCUT2D eigenvalue weighted by Gasteiger charge is 2.23. The number of allylic oxidation sites excluding steroid dienone is 1. The van der Waals surface area contributed by atoms with Gasteiger partial charge >= 0.3 is 5.89 Å². The number of oxazole rings is 1. The molecule has 1 aliphatic heterocycles. The molecular formula is C23H23IN2O. The molecule has 3 aromatic rings. The lowest BCUT2D eigenvalue weighted by molar-refractivity contribution is -0.688. The first kappa shape index (κ1) is 19.4. The van der Waals surface area contributed by atoms with Gasteiger partial charge in [0, 0.05) is 17.8 Å². The number of aromatic nitrogens is 1. The predicted octanol–water partition coefficient (Wildman–Crippen LogP) is 2.15. The molecule has 1 aromatic heterocycles. The van der Waals surface area contributed by atoms with E-state index in [9.17, 15) is 0 Å². The van der Waals surface area contributed by atoms with Crippen LogP contribution in [-0.4, -0.2) is 6.54 Å². The van der Waals surface area contributed by atoms with Gasteiger partial charge in [-0.25, -0.2) is 0 Å². The summed E-state index contributed by atoms with van der Waals surface area (Å²) in [7, 11) is 0. The Morgan fingerprint density at radius 3 is 2.44 bits per heavy atom. The second-order valence-corrected chi connectivity index (χ2v) is 6.28. The fourth-order valence-corrected chi connectivity index (χ4v) is 3.52. The van der Waals surface area contributed by atoms with Crippen LogP contribution in [0.25, 0.3) is 23.4 Å². The van der Waals surface area contributed by atoms with E-state index in [-0.39, 0.29) is 24.0 Å². The average molecular weight is 470 g/mol. The molecule has 4 rings (SSSR count). The first-order chi connectivity index (χ1) is 12.8. The molecule has 1 aliphatic rings. The summed E-state index contributed by atoms with van der Waals surface area (Å²) in [5, 5.41) is 0. The maximum atomic E-state index is 5.95. The third kappa shape index (κ3) is 3.72. The van der Waals surface area contributed by atoms with E-state index in [1.165, 1.54) is 16.8 Å². The fraction of sp³-hybridized carbons (Fsp3) is 0.174. The molecule has 0 aliphatic carbocycles. The van der Waals surface area contributed by atoms with Crippen LogP contribution in [0, 0.1) is 0 Å². The third-order valence-electron chi connectivity index (χ3n) is 4.79. The van der Waals surface area contributed by atoms with Crippen molar-refractivity contribution in [2.24, 2.45) is 0 Å². The van der Waals surface area contributed by atoms with Crippen LogP contribution in [0.2, 0.25) is 0 Å². The lowest BCUT2D eigenvalue weighted by Crippen LogP contribution is -3.00. The lowest BCUT2D eigenvalue weighted by atomic mass is 10.1. The topological polar surface area (TPSA) is 20.3 Å². The molecule has 0 bridgehead atoms. The number of benzene rings is 2. The number of anilines is 1. The van der Waals surface area contributed by atoms with Gasteiger partial charge in [-0.2, -0.15) is 4.57 Å². The Kier molecular flexibility index (Phi) is 6.16. The molecule has 0 fully saturated rings. The summed E-state index contributed by atoms with van der Waals surface area (Å²) in [6.45, 7) is 6.08. The molecular weight excluding hydrogens is 447 g/mol. The number of halogens is 1. The number of para-hydroxylation sites is 1. The van der Waals surface area contributed by atoms with Crippen molar-refractivity contribution in [2.75, 3.05) is 11.4 Å². The van der Waals surface area contributed by atoms with E-state index >= 15 is 0 Å². The molecule has 0 saturated heterocycles. The standard InChI is InChI=1S/C23H23N2O.HI/c1-3-24-20(15-14-19-12-8-9-13-21(19)24)16-23-25(4-2)22(17-26-23)18-10-6-5-7-11-18;/h5-17H,3-4H2,1-2H3;1H/q+1;/p-1. The van der Waals surface area contributed by atoms with Gasteiger partial charge in [-0.3, -0.25) is 0 Å². The molecule has 0 unspecified atom stereocenters. The number of hydrogen-bond acceptors (Lipinski definition) is 2. The van der Waals surface area contributed by atoms with E-state index in [0.717, 1.165) is 30.4 Å². The first-order valence-electron chi connectivity index (χ1n) is 9.15. The van der Waals surface area contributed by atoms with Crippen molar-refractivity contribution in [3.63, 3.8) is 0 Å². The highest BCUT2D eigenvalue weighted by Crippen LogP contribution is 2.31. The van der Waals surface area contributed by atoms with E-state index in [1.807, 2.05) is 12.3 Å². The van der Waals surface area contributed by atoms with Gasteiger partial charge in [-0.05, 0) is 43.7 Å². The van der Waals surface area contributed by atoms with Crippen molar-refractivity contribution in [3.8, 4) is 11.3 Å². The predicted molar refractivity (Wildman–Crippen MR) is 106 cm³/mol. The maximum absolute atomic E-state index is 5.95. The van der Waals surface area contributed by atoms with Crippen LogP contribution in [0.4, 0.5) is 5.69 Å². The second kappa shape index (κ2) is 8.57. The Balaban J connectivity index is 0.00000210. The molecule has 138 valence electrons. The van der Waals surface area contributed by atoms with Crippen LogP contribution in [0.3, 0.4) is 0 Å². The fourth-order valence-electron chi connectivity index (χ4n) is 3.52. The van der Waals surface area contributed by atoms with Gasteiger partial charge < -0.3 is 33.3 Å². The van der Waals surface area contributed by atoms with Crippen molar-refractivity contribution in [1.29, 1.82) is 0 Å². The number of rotatable bonds is 4. The molecule has 0 radical (unpaired) electrons. The largest absolute Gasteiger partial charge is 1.00 e. The van der Waals surface area contributed by atoms with Gasteiger partial charge in [-0.1, -0.05) is 42.5 Å². The summed E-state index contributed by atoms with van der Waals surface area (Å²) < 4.78 is 8.16. The first-order valence-corrected chi connectivity index (χ1v) is 9.15. The Bertz CT molecular complexity index is 973. The Hall–Kier alpha value is -2.34. The van der Waals surface area contributed by atoms with Crippen LogP contribution < -0.4 is 33.4 Å². The van der Waals surface area contributed by atoms with Crippen molar-refractivity contribution in [2.45, 2.75) is 20.4 Å². The highest BCUT2D eigenvalue weighted by atomic mass is 127. The van der Waals surface area contributed by atoms with Gasteiger partial charge in [0.1, 0.15) is 6.54 Å². The molecule has 0 saturated carbocycles. The Labute approximate surface area is 177 Å². The minimum Gasteiger partial charge on any atom is -1.00 e. The van der Waals surface area contributed by atoms with Crippen molar-refractivity contribution in [3.05, 3.63) is 84.1 Å². The second-order valence-electron chi connectivity index (χ2n) is 6.28. The number of hydrogen-bond donors (Lipinski definition) is 0. The zero-order valence-corrected chi connectivity index (χ0v) is 17.8. The molecule has 2 aromatic carbocycles. The van der Waals surface area contributed by atoms with Crippen LogP contribution in [-0.2, 0) is 6.54 Å². The molecule has 27 heavy (non-hydrogen) atoms. The molecule has 0 spiro atoms. The van der Waals surface area contributed by atoms with E-state index < -0.39 is 0 Å². The van der Waals surface area contributed by atoms with Crippen molar-refractivity contribution >= 4 is 17.8 Å². The highest BCUT2D eigenvalue weighted by molar-refractivity contribution is 5.79. The molecule has 0 atom stereocenters. The molecule has 0 N–H and O–H groups in total. The van der Waals surface area contributed by atoms with Crippen LogP contribution in [0.15, 0.2) is 77.1 Å². The van der Waals surface area contributed by atoms with Gasteiger partial charge in [0.15, 0.2) is 6.26 Å². The summed E-state index contributed by atoms with van der Waals surface area (Å²) in [6.07, 6.45) is 8.31. The quantitative estimate of drug-likeness (QED) is 0.431. The maximum Gasteiger partial charge on any atom is 0.375 e. The Morgan fingerprint density at radius 1 is 0.963 bits per heavy atom. The van der Waals surface area contributed by atoms with Crippen LogP contribution in [0.1, 0.15) is 25.3 Å². The number of nitrogens with zero attached hydrogens (tertiary/aromatic N) is 2. The third-order valence-corrected chi connectivity index (χ3v) is 4.79. The Morgan fingerprint density at radius 2 is 1.70 bits per heavy atom. The van der Waals surface area contributed by atoms with E-state index in [2.05, 4.69) is 90.1 Å². The molecule has 3 nitrogen and oxygen atoms in total.